The molecule has 1 aliphatic rings. The van der Waals surface area contributed by atoms with E-state index in [1.54, 1.807) is 30.5 Å². The molecule has 1 amide bonds. The molecule has 6 heteroatoms. The van der Waals surface area contributed by atoms with Gasteiger partial charge in [0.25, 0.3) is 5.91 Å². The Morgan fingerprint density at radius 1 is 1.26 bits per heavy atom. The molecule has 0 saturated carbocycles. The van der Waals surface area contributed by atoms with Crippen molar-refractivity contribution in [1.82, 2.24) is 10.3 Å². The Morgan fingerprint density at radius 2 is 2.11 bits per heavy atom. The van der Waals surface area contributed by atoms with E-state index < -0.39 is 6.17 Å². The highest BCUT2D eigenvalue weighted by atomic mass is 35.5. The molecule has 3 N–H and O–H groups in total. The second-order valence-corrected chi connectivity index (χ2v) is 4.59. The van der Waals surface area contributed by atoms with Crippen LogP contribution in [0.3, 0.4) is 0 Å². The number of aromatic nitrogens is 1. The quantitative estimate of drug-likeness (QED) is 0.746. The predicted molar refractivity (Wildman–Crippen MR) is 71.2 cm³/mol. The van der Waals surface area contributed by atoms with E-state index in [0.717, 1.165) is 0 Å². The number of phenolic OH excluding ortho intramolecular Hbond substituents is 1. The summed E-state index contributed by atoms with van der Waals surface area (Å²) < 4.78 is 0. The molecule has 0 saturated heterocycles. The van der Waals surface area contributed by atoms with Gasteiger partial charge in [-0.1, -0.05) is 11.6 Å². The fraction of sp³-hybridized carbons (Fsp3) is 0.0769. The van der Waals surface area contributed by atoms with Crippen molar-refractivity contribution in [3.05, 3.63) is 52.7 Å². The predicted octanol–water partition coefficient (Wildman–Crippen LogP) is 2.29. The van der Waals surface area contributed by atoms with Gasteiger partial charge >= 0.3 is 0 Å². The Kier molecular flexibility index (Phi) is 2.76. The lowest BCUT2D eigenvalue weighted by Gasteiger charge is -2.27. The fourth-order valence-electron chi connectivity index (χ4n) is 2.00. The van der Waals surface area contributed by atoms with E-state index in [-0.39, 0.29) is 11.7 Å². The third-order valence-electron chi connectivity index (χ3n) is 2.91. The van der Waals surface area contributed by atoms with E-state index in [0.29, 0.717) is 22.0 Å². The van der Waals surface area contributed by atoms with Gasteiger partial charge in [-0.05, 0) is 30.3 Å². The summed E-state index contributed by atoms with van der Waals surface area (Å²) in [6.07, 6.45) is 1.04. The first-order valence-electron chi connectivity index (χ1n) is 5.66. The number of pyridine rings is 1. The molecule has 0 unspecified atom stereocenters. The maximum absolute atomic E-state index is 12.0. The Bertz CT molecular complexity index is 660. The minimum absolute atomic E-state index is 0.0570. The van der Waals surface area contributed by atoms with Crippen LogP contribution in [-0.4, -0.2) is 16.0 Å². The van der Waals surface area contributed by atoms with Crippen LogP contribution in [-0.2, 0) is 0 Å². The van der Waals surface area contributed by atoms with Crippen molar-refractivity contribution in [2.75, 3.05) is 5.32 Å². The molecule has 0 fully saturated rings. The zero-order valence-corrected chi connectivity index (χ0v) is 10.5. The first-order chi connectivity index (χ1) is 9.15. The highest BCUT2D eigenvalue weighted by molar-refractivity contribution is 6.30. The maximum atomic E-state index is 12.0. The lowest BCUT2D eigenvalue weighted by atomic mass is 10.1. The second-order valence-electron chi connectivity index (χ2n) is 4.15. The summed E-state index contributed by atoms with van der Waals surface area (Å²) in [7, 11) is 0. The topological polar surface area (TPSA) is 74.2 Å². The third kappa shape index (κ3) is 2.08. The summed E-state index contributed by atoms with van der Waals surface area (Å²) in [5, 5.41) is 16.1. The van der Waals surface area contributed by atoms with E-state index in [9.17, 15) is 9.90 Å². The molecule has 3 rings (SSSR count). The third-order valence-corrected chi connectivity index (χ3v) is 3.14. The number of amides is 1. The number of anilines is 1. The van der Waals surface area contributed by atoms with Crippen LogP contribution in [0, 0.1) is 0 Å². The first-order valence-corrected chi connectivity index (χ1v) is 6.04. The van der Waals surface area contributed by atoms with Gasteiger partial charge in [0, 0.05) is 16.8 Å². The van der Waals surface area contributed by atoms with Crippen molar-refractivity contribution in [2.45, 2.75) is 6.17 Å². The lowest BCUT2D eigenvalue weighted by Crippen LogP contribution is -2.38. The smallest absolute Gasteiger partial charge is 0.256 e. The van der Waals surface area contributed by atoms with Gasteiger partial charge in [0.05, 0.1) is 5.56 Å². The van der Waals surface area contributed by atoms with Crippen molar-refractivity contribution in [2.24, 2.45) is 0 Å². The van der Waals surface area contributed by atoms with E-state index >= 15 is 0 Å². The van der Waals surface area contributed by atoms with Crippen LogP contribution in [0.25, 0.3) is 0 Å². The van der Waals surface area contributed by atoms with Gasteiger partial charge in [0.2, 0.25) is 0 Å². The van der Waals surface area contributed by atoms with Crippen LogP contribution in [0.4, 0.5) is 5.82 Å². The Balaban J connectivity index is 2.01. The Morgan fingerprint density at radius 3 is 2.95 bits per heavy atom. The molecular weight excluding hydrogens is 266 g/mol. The molecule has 5 nitrogen and oxygen atoms in total. The molecule has 0 aliphatic carbocycles. The Hall–Kier alpha value is -2.27. The molecule has 96 valence electrons. The van der Waals surface area contributed by atoms with Crippen LogP contribution in [0.5, 0.6) is 5.75 Å². The molecule has 1 aromatic heterocycles. The average molecular weight is 276 g/mol. The minimum atomic E-state index is -0.561. The number of rotatable bonds is 1. The van der Waals surface area contributed by atoms with Gasteiger partial charge in [-0.25, -0.2) is 4.98 Å². The number of benzene rings is 1. The van der Waals surface area contributed by atoms with Gasteiger partial charge in [0.1, 0.15) is 17.7 Å². The monoisotopic (exact) mass is 275 g/mol. The second kappa shape index (κ2) is 4.44. The van der Waals surface area contributed by atoms with Crippen molar-refractivity contribution >= 4 is 23.3 Å². The maximum Gasteiger partial charge on any atom is 0.256 e. The number of carbonyl (C=O) groups excluding carboxylic acids is 1. The lowest BCUT2D eigenvalue weighted by molar-refractivity contribution is 0.0934. The molecule has 0 radical (unpaired) electrons. The van der Waals surface area contributed by atoms with Gasteiger partial charge in [-0.15, -0.1) is 0 Å². The largest absolute Gasteiger partial charge is 0.508 e. The summed E-state index contributed by atoms with van der Waals surface area (Å²) in [5.74, 6) is 0.295. The van der Waals surface area contributed by atoms with Crippen LogP contribution in [0.1, 0.15) is 22.1 Å². The van der Waals surface area contributed by atoms with Crippen LogP contribution in [0.2, 0.25) is 5.02 Å². The summed E-state index contributed by atoms with van der Waals surface area (Å²) in [4.78, 5) is 16.1. The average Bonchev–Trinajstić information content (AvgIpc) is 2.41. The molecule has 1 atom stereocenters. The van der Waals surface area contributed by atoms with E-state index in [2.05, 4.69) is 15.6 Å². The van der Waals surface area contributed by atoms with Crippen LogP contribution >= 0.6 is 11.6 Å². The minimum Gasteiger partial charge on any atom is -0.508 e. The van der Waals surface area contributed by atoms with Gasteiger partial charge in [-0.3, -0.25) is 4.79 Å². The molecule has 1 aliphatic heterocycles. The van der Waals surface area contributed by atoms with E-state index in [1.165, 1.54) is 6.07 Å². The highest BCUT2D eigenvalue weighted by Gasteiger charge is 2.26. The number of carbonyl (C=O) groups is 1. The van der Waals surface area contributed by atoms with Gasteiger partial charge in [-0.2, -0.15) is 0 Å². The number of hydrogen-bond acceptors (Lipinski definition) is 4. The standard InChI is InChI=1S/C13H10ClN3O2/c14-7-3-4-10(18)9(6-7)12-16-11-8(13(19)17-12)2-1-5-15-11/h1-6,12,18H,(H,15,16)(H,17,19)/t12-/m1/s1. The molecule has 0 bridgehead atoms. The Labute approximate surface area is 114 Å². The molecular formula is C13H10ClN3O2. The molecule has 2 aromatic rings. The van der Waals surface area contributed by atoms with Crippen molar-refractivity contribution < 1.29 is 9.90 Å². The number of hydrogen-bond donors (Lipinski definition) is 3. The van der Waals surface area contributed by atoms with Crippen LogP contribution < -0.4 is 10.6 Å². The number of nitrogens with zero attached hydrogens (tertiary/aromatic N) is 1. The summed E-state index contributed by atoms with van der Waals surface area (Å²) in [6.45, 7) is 0. The fourth-order valence-corrected chi connectivity index (χ4v) is 2.18. The SMILES string of the molecule is O=C1N[C@H](c2cc(Cl)ccc2O)Nc2ncccc21. The summed E-state index contributed by atoms with van der Waals surface area (Å²) >= 11 is 5.91. The molecule has 0 spiro atoms. The van der Waals surface area contributed by atoms with Gasteiger partial charge < -0.3 is 15.7 Å². The molecule has 2 heterocycles. The normalized spacial score (nSPS) is 17.3. The zero-order valence-electron chi connectivity index (χ0n) is 9.72. The van der Waals surface area contributed by atoms with Crippen molar-refractivity contribution in [3.63, 3.8) is 0 Å². The van der Waals surface area contributed by atoms with E-state index in [1.807, 2.05) is 0 Å². The zero-order chi connectivity index (χ0) is 13.4. The van der Waals surface area contributed by atoms with Crippen molar-refractivity contribution in [3.8, 4) is 5.75 Å². The molecule has 1 aromatic carbocycles. The number of halogens is 1. The molecule has 19 heavy (non-hydrogen) atoms. The van der Waals surface area contributed by atoms with Crippen LogP contribution in [0.15, 0.2) is 36.5 Å². The first kappa shape index (κ1) is 11.8. The number of phenols is 1. The number of aromatic hydroxyl groups is 1. The summed E-state index contributed by atoms with van der Waals surface area (Å²) in [6, 6.07) is 8.04. The summed E-state index contributed by atoms with van der Waals surface area (Å²) in [5.41, 5.74) is 0.970. The van der Waals surface area contributed by atoms with Crippen molar-refractivity contribution in [1.29, 1.82) is 0 Å². The van der Waals surface area contributed by atoms with E-state index in [4.69, 9.17) is 11.6 Å². The van der Waals surface area contributed by atoms with Gasteiger partial charge in [0.15, 0.2) is 0 Å². The number of nitrogens with one attached hydrogen (secondary N) is 2. The highest BCUT2D eigenvalue weighted by Crippen LogP contribution is 2.31. The number of fused-ring (bicyclic) bond motifs is 1.